The molecular weight excluding hydrogens is 256 g/mol. The molecule has 20 heavy (non-hydrogen) atoms. The summed E-state index contributed by atoms with van der Waals surface area (Å²) >= 11 is 0. The van der Waals surface area contributed by atoms with E-state index in [0.717, 1.165) is 11.3 Å². The van der Waals surface area contributed by atoms with Gasteiger partial charge in [-0.15, -0.1) is 0 Å². The summed E-state index contributed by atoms with van der Waals surface area (Å²) in [5, 5.41) is 0. The van der Waals surface area contributed by atoms with E-state index in [1.807, 2.05) is 52.0 Å². The normalized spacial score (nSPS) is 12.9. The second-order valence-electron chi connectivity index (χ2n) is 4.66. The molecule has 0 saturated carbocycles. The molecule has 3 N–H and O–H groups in total. The number of hydrazine groups is 1. The van der Waals surface area contributed by atoms with Crippen LogP contribution in [0.4, 0.5) is 0 Å². The third kappa shape index (κ3) is 5.09. The summed E-state index contributed by atoms with van der Waals surface area (Å²) < 4.78 is 16.9. The van der Waals surface area contributed by atoms with E-state index in [-0.39, 0.29) is 12.1 Å². The quantitative estimate of drug-likeness (QED) is 0.413. The van der Waals surface area contributed by atoms with Crippen molar-refractivity contribution in [2.75, 3.05) is 13.2 Å². The SMILES string of the molecule is CCOC(OCC)C(NN)c1cccc(OC(C)C)c1. The summed E-state index contributed by atoms with van der Waals surface area (Å²) in [7, 11) is 0. The second kappa shape index (κ2) is 8.92. The van der Waals surface area contributed by atoms with Gasteiger partial charge in [0.05, 0.1) is 12.1 Å². The smallest absolute Gasteiger partial charge is 0.178 e. The van der Waals surface area contributed by atoms with E-state index in [0.29, 0.717) is 13.2 Å². The highest BCUT2D eigenvalue weighted by molar-refractivity contribution is 5.31. The number of nitrogens with one attached hydrogen (secondary N) is 1. The minimum atomic E-state index is -0.427. The molecule has 0 bridgehead atoms. The Hall–Kier alpha value is -1.14. The summed E-state index contributed by atoms with van der Waals surface area (Å²) in [6.45, 7) is 8.97. The van der Waals surface area contributed by atoms with E-state index in [1.165, 1.54) is 0 Å². The topological polar surface area (TPSA) is 65.7 Å². The van der Waals surface area contributed by atoms with Gasteiger partial charge in [-0.3, -0.25) is 5.84 Å². The molecule has 0 spiro atoms. The van der Waals surface area contributed by atoms with Gasteiger partial charge < -0.3 is 14.2 Å². The van der Waals surface area contributed by atoms with Crippen LogP contribution >= 0.6 is 0 Å². The molecule has 0 aliphatic heterocycles. The Morgan fingerprint density at radius 1 is 1.15 bits per heavy atom. The van der Waals surface area contributed by atoms with Gasteiger partial charge in [0, 0.05) is 13.2 Å². The van der Waals surface area contributed by atoms with Crippen molar-refractivity contribution in [3.63, 3.8) is 0 Å². The van der Waals surface area contributed by atoms with Gasteiger partial charge in [0.1, 0.15) is 5.75 Å². The maximum Gasteiger partial charge on any atom is 0.178 e. The summed E-state index contributed by atoms with van der Waals surface area (Å²) in [5.41, 5.74) is 3.73. The monoisotopic (exact) mass is 282 g/mol. The summed E-state index contributed by atoms with van der Waals surface area (Å²) in [6, 6.07) is 7.54. The maximum atomic E-state index is 5.70. The Balaban J connectivity index is 2.91. The van der Waals surface area contributed by atoms with Crippen molar-refractivity contribution in [2.45, 2.75) is 46.1 Å². The van der Waals surface area contributed by atoms with E-state index < -0.39 is 6.29 Å². The van der Waals surface area contributed by atoms with E-state index in [9.17, 15) is 0 Å². The van der Waals surface area contributed by atoms with Crippen molar-refractivity contribution in [2.24, 2.45) is 5.84 Å². The average molecular weight is 282 g/mol. The first-order chi connectivity index (χ1) is 9.62. The zero-order valence-electron chi connectivity index (χ0n) is 12.8. The third-order valence-electron chi connectivity index (χ3n) is 2.70. The van der Waals surface area contributed by atoms with E-state index in [4.69, 9.17) is 20.1 Å². The van der Waals surface area contributed by atoms with Crippen LogP contribution in [-0.2, 0) is 9.47 Å². The maximum absolute atomic E-state index is 5.70. The Bertz CT molecular complexity index is 379. The second-order valence-corrected chi connectivity index (χ2v) is 4.66. The molecule has 1 atom stereocenters. The summed E-state index contributed by atoms with van der Waals surface area (Å²) in [5.74, 6) is 6.48. The largest absolute Gasteiger partial charge is 0.491 e. The molecule has 5 nitrogen and oxygen atoms in total. The molecule has 1 rings (SSSR count). The number of hydrogen-bond acceptors (Lipinski definition) is 5. The summed E-state index contributed by atoms with van der Waals surface area (Å²) in [4.78, 5) is 0. The van der Waals surface area contributed by atoms with Crippen molar-refractivity contribution in [3.05, 3.63) is 29.8 Å². The number of rotatable bonds is 9. The molecule has 1 unspecified atom stereocenters. The molecule has 0 fully saturated rings. The van der Waals surface area contributed by atoms with Crippen LogP contribution in [-0.4, -0.2) is 25.6 Å². The third-order valence-corrected chi connectivity index (χ3v) is 2.70. The lowest BCUT2D eigenvalue weighted by Gasteiger charge is -2.26. The number of hydrogen-bond donors (Lipinski definition) is 2. The lowest BCUT2D eigenvalue weighted by atomic mass is 10.1. The van der Waals surface area contributed by atoms with Crippen molar-refractivity contribution in [1.29, 1.82) is 0 Å². The molecule has 0 aromatic heterocycles. The predicted molar refractivity (Wildman–Crippen MR) is 79.3 cm³/mol. The molecule has 0 heterocycles. The highest BCUT2D eigenvalue weighted by Crippen LogP contribution is 2.24. The van der Waals surface area contributed by atoms with Gasteiger partial charge in [0.25, 0.3) is 0 Å². The fourth-order valence-corrected chi connectivity index (χ4v) is 1.95. The Kier molecular flexibility index (Phi) is 7.54. The molecule has 0 saturated heterocycles. The summed E-state index contributed by atoms with van der Waals surface area (Å²) in [6.07, 6.45) is -0.298. The lowest BCUT2D eigenvalue weighted by molar-refractivity contribution is -0.155. The van der Waals surface area contributed by atoms with Crippen LogP contribution in [0.1, 0.15) is 39.3 Å². The van der Waals surface area contributed by atoms with Crippen LogP contribution < -0.4 is 16.0 Å². The van der Waals surface area contributed by atoms with Gasteiger partial charge in [-0.25, -0.2) is 5.43 Å². The Morgan fingerprint density at radius 3 is 2.30 bits per heavy atom. The van der Waals surface area contributed by atoms with Crippen molar-refractivity contribution in [1.82, 2.24) is 5.43 Å². The molecule has 0 amide bonds. The molecular formula is C15H26N2O3. The van der Waals surface area contributed by atoms with Gasteiger partial charge in [-0.05, 0) is 45.4 Å². The van der Waals surface area contributed by atoms with Gasteiger partial charge in [-0.2, -0.15) is 0 Å². The molecule has 0 radical (unpaired) electrons. The first kappa shape index (κ1) is 16.9. The van der Waals surface area contributed by atoms with Gasteiger partial charge >= 0.3 is 0 Å². The minimum Gasteiger partial charge on any atom is -0.491 e. The zero-order valence-corrected chi connectivity index (χ0v) is 12.8. The first-order valence-corrected chi connectivity index (χ1v) is 7.08. The highest BCUT2D eigenvalue weighted by Gasteiger charge is 2.23. The predicted octanol–water partition coefficient (Wildman–Crippen LogP) is 2.38. The highest BCUT2D eigenvalue weighted by atomic mass is 16.7. The van der Waals surface area contributed by atoms with Crippen LogP contribution in [0.25, 0.3) is 0 Å². The zero-order chi connectivity index (χ0) is 15.0. The average Bonchev–Trinajstić information content (AvgIpc) is 2.40. The molecule has 0 aliphatic rings. The van der Waals surface area contributed by atoms with Gasteiger partial charge in [0.2, 0.25) is 0 Å². The van der Waals surface area contributed by atoms with Crippen LogP contribution in [0.3, 0.4) is 0 Å². The van der Waals surface area contributed by atoms with E-state index >= 15 is 0 Å². The van der Waals surface area contributed by atoms with Crippen molar-refractivity contribution >= 4 is 0 Å². The van der Waals surface area contributed by atoms with Crippen LogP contribution in [0.2, 0.25) is 0 Å². The Labute approximate surface area is 121 Å². The lowest BCUT2D eigenvalue weighted by Crippen LogP contribution is -2.39. The number of benzene rings is 1. The number of ether oxygens (including phenoxy) is 3. The van der Waals surface area contributed by atoms with Crippen LogP contribution in [0.5, 0.6) is 5.75 Å². The molecule has 5 heteroatoms. The Morgan fingerprint density at radius 2 is 1.80 bits per heavy atom. The van der Waals surface area contributed by atoms with Crippen molar-refractivity contribution < 1.29 is 14.2 Å². The van der Waals surface area contributed by atoms with E-state index in [1.54, 1.807) is 0 Å². The molecule has 1 aromatic carbocycles. The fraction of sp³-hybridized carbons (Fsp3) is 0.600. The standard InChI is InChI=1S/C15H26N2O3/c1-5-18-15(19-6-2)14(17-16)12-8-7-9-13(10-12)20-11(3)4/h7-11,14-15,17H,5-6,16H2,1-4H3. The van der Waals surface area contributed by atoms with Gasteiger partial charge in [-0.1, -0.05) is 12.1 Å². The van der Waals surface area contributed by atoms with Crippen molar-refractivity contribution in [3.8, 4) is 5.75 Å². The van der Waals surface area contributed by atoms with Crippen LogP contribution in [0.15, 0.2) is 24.3 Å². The van der Waals surface area contributed by atoms with Crippen LogP contribution in [0, 0.1) is 0 Å². The molecule has 0 aliphatic carbocycles. The molecule has 114 valence electrons. The fourth-order valence-electron chi connectivity index (χ4n) is 1.95. The van der Waals surface area contributed by atoms with Gasteiger partial charge in [0.15, 0.2) is 6.29 Å². The first-order valence-electron chi connectivity index (χ1n) is 7.08. The minimum absolute atomic E-state index is 0.129. The molecule has 1 aromatic rings. The van der Waals surface area contributed by atoms with E-state index in [2.05, 4.69) is 5.43 Å². The number of nitrogens with two attached hydrogens (primary N) is 1.